The largest absolute Gasteiger partial charge is 0.238 e. The molecule has 0 saturated carbocycles. The van der Waals surface area contributed by atoms with E-state index in [1.165, 1.54) is 12.1 Å². The molecule has 0 unspecified atom stereocenters. The zero-order valence-electron chi connectivity index (χ0n) is 9.87. The Morgan fingerprint density at radius 3 is 2.35 bits per heavy atom. The van der Waals surface area contributed by atoms with Gasteiger partial charge in [-0.05, 0) is 38.1 Å². The number of benzene rings is 1. The van der Waals surface area contributed by atoms with Crippen molar-refractivity contribution in [3.8, 4) is 11.3 Å². The summed E-state index contributed by atoms with van der Waals surface area (Å²) in [7, 11) is 0. The van der Waals surface area contributed by atoms with Gasteiger partial charge >= 0.3 is 0 Å². The van der Waals surface area contributed by atoms with Crippen molar-refractivity contribution in [2.75, 3.05) is 0 Å². The fourth-order valence-electron chi connectivity index (χ4n) is 1.79. The Labute approximate surface area is 99.9 Å². The van der Waals surface area contributed by atoms with Gasteiger partial charge in [0.1, 0.15) is 11.6 Å². The standard InChI is InChI=1S/C14H13FN2/c1-4-13-9(2)16-10(3)17-14(13)11-5-7-12(15)8-6-11/h4-8H,1H2,2-3H3. The molecule has 0 saturated heterocycles. The van der Waals surface area contributed by atoms with Gasteiger partial charge in [0.15, 0.2) is 0 Å². The van der Waals surface area contributed by atoms with Gasteiger partial charge in [-0.25, -0.2) is 14.4 Å². The molecule has 3 heteroatoms. The third-order valence-corrected chi connectivity index (χ3v) is 2.57. The van der Waals surface area contributed by atoms with E-state index in [0.29, 0.717) is 5.82 Å². The summed E-state index contributed by atoms with van der Waals surface area (Å²) in [6.45, 7) is 7.53. The lowest BCUT2D eigenvalue weighted by atomic mass is 10.0. The van der Waals surface area contributed by atoms with Crippen molar-refractivity contribution in [2.45, 2.75) is 13.8 Å². The van der Waals surface area contributed by atoms with Crippen LogP contribution in [0.3, 0.4) is 0 Å². The van der Waals surface area contributed by atoms with Crippen LogP contribution >= 0.6 is 0 Å². The van der Waals surface area contributed by atoms with Crippen LogP contribution in [0.1, 0.15) is 17.1 Å². The van der Waals surface area contributed by atoms with Crippen LogP contribution < -0.4 is 0 Å². The first-order valence-electron chi connectivity index (χ1n) is 5.35. The quantitative estimate of drug-likeness (QED) is 0.785. The second-order valence-electron chi connectivity index (χ2n) is 3.83. The van der Waals surface area contributed by atoms with Gasteiger partial charge in [-0.1, -0.05) is 12.7 Å². The van der Waals surface area contributed by atoms with E-state index in [0.717, 1.165) is 22.5 Å². The van der Waals surface area contributed by atoms with Crippen LogP contribution in [0.5, 0.6) is 0 Å². The molecule has 0 aliphatic rings. The Morgan fingerprint density at radius 1 is 1.12 bits per heavy atom. The van der Waals surface area contributed by atoms with E-state index in [1.807, 2.05) is 13.8 Å². The van der Waals surface area contributed by atoms with Gasteiger partial charge in [0.2, 0.25) is 0 Å². The Hall–Kier alpha value is -2.03. The van der Waals surface area contributed by atoms with Crippen molar-refractivity contribution in [1.29, 1.82) is 0 Å². The van der Waals surface area contributed by atoms with Gasteiger partial charge in [0.25, 0.3) is 0 Å². The normalized spacial score (nSPS) is 10.3. The molecule has 1 aromatic carbocycles. The summed E-state index contributed by atoms with van der Waals surface area (Å²) < 4.78 is 12.9. The fourth-order valence-corrected chi connectivity index (χ4v) is 1.79. The third kappa shape index (κ3) is 2.23. The molecule has 0 radical (unpaired) electrons. The van der Waals surface area contributed by atoms with Crippen molar-refractivity contribution < 1.29 is 4.39 Å². The second kappa shape index (κ2) is 4.45. The Kier molecular flexibility index (Phi) is 3.00. The minimum Gasteiger partial charge on any atom is -0.238 e. The third-order valence-electron chi connectivity index (χ3n) is 2.57. The van der Waals surface area contributed by atoms with E-state index in [2.05, 4.69) is 16.5 Å². The monoisotopic (exact) mass is 228 g/mol. The van der Waals surface area contributed by atoms with Crippen molar-refractivity contribution in [2.24, 2.45) is 0 Å². The number of halogens is 1. The highest BCUT2D eigenvalue weighted by Crippen LogP contribution is 2.24. The topological polar surface area (TPSA) is 25.8 Å². The molecule has 2 nitrogen and oxygen atoms in total. The average Bonchev–Trinajstić information content (AvgIpc) is 2.29. The molecule has 2 aromatic rings. The van der Waals surface area contributed by atoms with Crippen molar-refractivity contribution >= 4 is 6.08 Å². The second-order valence-corrected chi connectivity index (χ2v) is 3.83. The average molecular weight is 228 g/mol. The van der Waals surface area contributed by atoms with E-state index in [9.17, 15) is 4.39 Å². The molecule has 2 rings (SSSR count). The summed E-state index contributed by atoms with van der Waals surface area (Å²) in [5, 5.41) is 0. The molecular weight excluding hydrogens is 215 g/mol. The molecule has 0 aliphatic carbocycles. The van der Waals surface area contributed by atoms with E-state index < -0.39 is 0 Å². The van der Waals surface area contributed by atoms with E-state index in [4.69, 9.17) is 0 Å². The van der Waals surface area contributed by atoms with Crippen LogP contribution in [0.25, 0.3) is 17.3 Å². The molecule has 0 aliphatic heterocycles. The van der Waals surface area contributed by atoms with Gasteiger partial charge in [0.05, 0.1) is 5.69 Å². The van der Waals surface area contributed by atoms with Crippen molar-refractivity contribution in [3.63, 3.8) is 0 Å². The highest BCUT2D eigenvalue weighted by molar-refractivity contribution is 5.72. The summed E-state index contributed by atoms with van der Waals surface area (Å²) in [6.07, 6.45) is 1.73. The molecule has 1 heterocycles. The number of rotatable bonds is 2. The van der Waals surface area contributed by atoms with E-state index >= 15 is 0 Å². The molecule has 0 bridgehead atoms. The SMILES string of the molecule is C=Cc1c(C)nc(C)nc1-c1ccc(F)cc1. The highest BCUT2D eigenvalue weighted by Gasteiger charge is 2.09. The maximum atomic E-state index is 12.9. The van der Waals surface area contributed by atoms with Gasteiger partial charge < -0.3 is 0 Å². The predicted molar refractivity (Wildman–Crippen MR) is 67.0 cm³/mol. The first-order chi connectivity index (χ1) is 8.11. The minimum absolute atomic E-state index is 0.253. The Balaban J connectivity index is 2.65. The lowest BCUT2D eigenvalue weighted by Gasteiger charge is -2.09. The van der Waals surface area contributed by atoms with E-state index in [1.54, 1.807) is 18.2 Å². The zero-order valence-corrected chi connectivity index (χ0v) is 9.87. The summed E-state index contributed by atoms with van der Waals surface area (Å²) in [4.78, 5) is 8.69. The number of hydrogen-bond donors (Lipinski definition) is 0. The van der Waals surface area contributed by atoms with Crippen LogP contribution in [0, 0.1) is 19.7 Å². The number of nitrogens with zero attached hydrogens (tertiary/aromatic N) is 2. The number of hydrogen-bond acceptors (Lipinski definition) is 2. The van der Waals surface area contributed by atoms with Gasteiger partial charge in [-0.15, -0.1) is 0 Å². The van der Waals surface area contributed by atoms with Crippen molar-refractivity contribution in [3.05, 3.63) is 53.7 Å². The van der Waals surface area contributed by atoms with Crippen molar-refractivity contribution in [1.82, 2.24) is 9.97 Å². The van der Waals surface area contributed by atoms with Gasteiger partial charge in [0, 0.05) is 16.8 Å². The molecule has 1 aromatic heterocycles. The first kappa shape index (κ1) is 11.5. The molecular formula is C14H13FN2. The number of aryl methyl sites for hydroxylation is 2. The summed E-state index contributed by atoms with van der Waals surface area (Å²) in [6, 6.07) is 6.27. The Morgan fingerprint density at radius 2 is 1.76 bits per heavy atom. The van der Waals surface area contributed by atoms with E-state index in [-0.39, 0.29) is 5.82 Å². The molecule has 0 spiro atoms. The summed E-state index contributed by atoms with van der Waals surface area (Å²) in [5.41, 5.74) is 3.44. The van der Waals surface area contributed by atoms with Gasteiger partial charge in [-0.3, -0.25) is 0 Å². The Bertz CT molecular complexity index is 559. The van der Waals surface area contributed by atoms with Crippen LogP contribution in [0.4, 0.5) is 4.39 Å². The minimum atomic E-state index is -0.253. The smallest absolute Gasteiger partial charge is 0.126 e. The van der Waals surface area contributed by atoms with Crippen LogP contribution in [0.15, 0.2) is 30.8 Å². The van der Waals surface area contributed by atoms with Gasteiger partial charge in [-0.2, -0.15) is 0 Å². The summed E-state index contributed by atoms with van der Waals surface area (Å²) in [5.74, 6) is 0.448. The molecule has 0 atom stereocenters. The highest BCUT2D eigenvalue weighted by atomic mass is 19.1. The fraction of sp³-hybridized carbons (Fsp3) is 0.143. The molecule has 17 heavy (non-hydrogen) atoms. The summed E-state index contributed by atoms with van der Waals surface area (Å²) >= 11 is 0. The first-order valence-corrected chi connectivity index (χ1v) is 5.35. The predicted octanol–water partition coefficient (Wildman–Crippen LogP) is 3.54. The maximum absolute atomic E-state index is 12.9. The zero-order chi connectivity index (χ0) is 12.4. The molecule has 86 valence electrons. The lowest BCUT2D eigenvalue weighted by Crippen LogP contribution is -1.99. The molecule has 0 fully saturated rings. The lowest BCUT2D eigenvalue weighted by molar-refractivity contribution is 0.628. The number of aromatic nitrogens is 2. The van der Waals surface area contributed by atoms with Crippen LogP contribution in [-0.2, 0) is 0 Å². The maximum Gasteiger partial charge on any atom is 0.126 e. The van der Waals surface area contributed by atoms with Crippen LogP contribution in [-0.4, -0.2) is 9.97 Å². The molecule has 0 amide bonds. The van der Waals surface area contributed by atoms with Crippen LogP contribution in [0.2, 0.25) is 0 Å². The molecule has 0 N–H and O–H groups in total.